The Morgan fingerprint density at radius 3 is 2.62 bits per heavy atom. The van der Waals surface area contributed by atoms with Gasteiger partial charge in [-0.05, 0) is 55.9 Å². The van der Waals surface area contributed by atoms with Gasteiger partial charge in [-0.25, -0.2) is 0 Å². The quantitative estimate of drug-likeness (QED) is 0.832. The van der Waals surface area contributed by atoms with Gasteiger partial charge in [0.1, 0.15) is 11.4 Å². The summed E-state index contributed by atoms with van der Waals surface area (Å²) in [5.41, 5.74) is 0.508. The molecule has 0 spiro atoms. The van der Waals surface area contributed by atoms with E-state index in [-0.39, 0.29) is 11.5 Å². The van der Waals surface area contributed by atoms with Crippen LogP contribution in [0.3, 0.4) is 0 Å². The molecule has 3 heteroatoms. The van der Waals surface area contributed by atoms with Gasteiger partial charge in [-0.15, -0.1) is 0 Å². The van der Waals surface area contributed by atoms with Crippen LogP contribution in [-0.2, 0) is 0 Å². The van der Waals surface area contributed by atoms with Crippen molar-refractivity contribution < 1.29 is 9.53 Å². The van der Waals surface area contributed by atoms with Gasteiger partial charge in [-0.1, -0.05) is 43.7 Å². The smallest absolute Gasteiger partial charge is 0.255 e. The third-order valence-corrected chi connectivity index (χ3v) is 4.92. The standard InChI is InChI=1S/C21H27NO2/c1-3-15-22-20(23)19-17-10-6-5-9-16(17)11-12-18(19)24-21(2)13-7-4-8-14-21/h5-6,9-12H,3-4,7-8,13-15H2,1-2H3,(H,22,23). The largest absolute Gasteiger partial charge is 0.487 e. The number of hydrogen-bond acceptors (Lipinski definition) is 2. The molecule has 3 rings (SSSR count). The molecule has 0 atom stereocenters. The highest BCUT2D eigenvalue weighted by molar-refractivity contribution is 6.09. The molecule has 0 aromatic heterocycles. The Balaban J connectivity index is 2.01. The van der Waals surface area contributed by atoms with Crippen molar-refractivity contribution in [3.8, 4) is 5.75 Å². The van der Waals surface area contributed by atoms with Gasteiger partial charge in [0.25, 0.3) is 5.91 Å². The Kier molecular flexibility index (Phi) is 5.08. The molecule has 0 bridgehead atoms. The van der Waals surface area contributed by atoms with E-state index < -0.39 is 0 Å². The minimum Gasteiger partial charge on any atom is -0.487 e. The Morgan fingerprint density at radius 1 is 1.12 bits per heavy atom. The molecule has 24 heavy (non-hydrogen) atoms. The molecule has 2 aromatic rings. The van der Waals surface area contributed by atoms with Crippen LogP contribution in [0.1, 0.15) is 62.7 Å². The highest BCUT2D eigenvalue weighted by atomic mass is 16.5. The van der Waals surface area contributed by atoms with E-state index in [0.717, 1.165) is 30.0 Å². The van der Waals surface area contributed by atoms with E-state index in [0.29, 0.717) is 17.9 Å². The van der Waals surface area contributed by atoms with Crippen molar-refractivity contribution in [3.63, 3.8) is 0 Å². The third-order valence-electron chi connectivity index (χ3n) is 4.92. The summed E-state index contributed by atoms with van der Waals surface area (Å²) in [6.07, 6.45) is 6.69. The maximum Gasteiger partial charge on any atom is 0.255 e. The van der Waals surface area contributed by atoms with Crippen molar-refractivity contribution in [1.82, 2.24) is 5.32 Å². The molecule has 1 amide bonds. The van der Waals surface area contributed by atoms with Crippen LogP contribution in [0.4, 0.5) is 0 Å². The molecule has 0 heterocycles. The number of carbonyl (C=O) groups excluding carboxylic acids is 1. The Labute approximate surface area is 144 Å². The van der Waals surface area contributed by atoms with Crippen LogP contribution < -0.4 is 10.1 Å². The molecule has 0 saturated heterocycles. The van der Waals surface area contributed by atoms with Crippen LogP contribution in [0.25, 0.3) is 10.8 Å². The summed E-state index contributed by atoms with van der Waals surface area (Å²) >= 11 is 0. The van der Waals surface area contributed by atoms with Crippen molar-refractivity contribution in [3.05, 3.63) is 42.0 Å². The minimum absolute atomic E-state index is 0.0388. The average molecular weight is 325 g/mol. The number of fused-ring (bicyclic) bond motifs is 1. The first-order chi connectivity index (χ1) is 11.6. The average Bonchev–Trinajstić information content (AvgIpc) is 2.59. The van der Waals surface area contributed by atoms with Crippen LogP contribution in [-0.4, -0.2) is 18.1 Å². The lowest BCUT2D eigenvalue weighted by atomic mass is 9.86. The summed E-state index contributed by atoms with van der Waals surface area (Å²) in [5, 5.41) is 5.04. The Morgan fingerprint density at radius 2 is 1.88 bits per heavy atom. The van der Waals surface area contributed by atoms with Gasteiger partial charge in [0.2, 0.25) is 0 Å². The lowest BCUT2D eigenvalue weighted by Crippen LogP contribution is -2.35. The number of hydrogen-bond donors (Lipinski definition) is 1. The molecule has 1 saturated carbocycles. The van der Waals surface area contributed by atoms with E-state index in [1.807, 2.05) is 36.4 Å². The lowest BCUT2D eigenvalue weighted by molar-refractivity contribution is 0.0476. The maximum atomic E-state index is 12.8. The van der Waals surface area contributed by atoms with E-state index in [9.17, 15) is 4.79 Å². The molecule has 1 N–H and O–H groups in total. The van der Waals surface area contributed by atoms with Crippen molar-refractivity contribution in [2.75, 3.05) is 6.54 Å². The summed E-state index contributed by atoms with van der Waals surface area (Å²) in [5.74, 6) is 0.676. The first-order valence-corrected chi connectivity index (χ1v) is 9.12. The van der Waals surface area contributed by atoms with Crippen molar-refractivity contribution in [2.45, 2.75) is 58.0 Å². The second-order valence-corrected chi connectivity index (χ2v) is 7.03. The Hall–Kier alpha value is -2.03. The van der Waals surface area contributed by atoms with Crippen LogP contribution in [0.5, 0.6) is 5.75 Å². The highest BCUT2D eigenvalue weighted by Crippen LogP contribution is 2.36. The lowest BCUT2D eigenvalue weighted by Gasteiger charge is -2.35. The van der Waals surface area contributed by atoms with Gasteiger partial charge in [0.15, 0.2) is 0 Å². The maximum absolute atomic E-state index is 12.8. The van der Waals surface area contributed by atoms with Crippen LogP contribution in [0, 0.1) is 0 Å². The second-order valence-electron chi connectivity index (χ2n) is 7.03. The number of amides is 1. The van der Waals surface area contributed by atoms with Crippen molar-refractivity contribution in [2.24, 2.45) is 0 Å². The summed E-state index contributed by atoms with van der Waals surface area (Å²) in [4.78, 5) is 12.8. The fourth-order valence-electron chi connectivity index (χ4n) is 3.56. The van der Waals surface area contributed by atoms with Gasteiger partial charge in [-0.3, -0.25) is 4.79 Å². The zero-order valence-electron chi connectivity index (χ0n) is 14.7. The monoisotopic (exact) mass is 325 g/mol. The van der Waals surface area contributed by atoms with Crippen LogP contribution >= 0.6 is 0 Å². The molecule has 2 aromatic carbocycles. The fraction of sp³-hybridized carbons (Fsp3) is 0.476. The van der Waals surface area contributed by atoms with Gasteiger partial charge in [-0.2, -0.15) is 0 Å². The van der Waals surface area contributed by atoms with Gasteiger partial charge < -0.3 is 10.1 Å². The van der Waals surface area contributed by atoms with E-state index in [1.165, 1.54) is 19.3 Å². The summed E-state index contributed by atoms with van der Waals surface area (Å²) < 4.78 is 6.42. The number of benzene rings is 2. The summed E-state index contributed by atoms with van der Waals surface area (Å²) in [6, 6.07) is 12.0. The predicted molar refractivity (Wildman–Crippen MR) is 98.7 cm³/mol. The van der Waals surface area contributed by atoms with Crippen molar-refractivity contribution in [1.29, 1.82) is 0 Å². The predicted octanol–water partition coefficient (Wildman–Crippen LogP) is 5.08. The Bertz CT molecular complexity index is 717. The molecule has 3 nitrogen and oxygen atoms in total. The van der Waals surface area contributed by atoms with Gasteiger partial charge in [0, 0.05) is 6.54 Å². The molecule has 1 aliphatic rings. The van der Waals surface area contributed by atoms with E-state index in [4.69, 9.17) is 4.74 Å². The molecule has 0 radical (unpaired) electrons. The van der Waals surface area contributed by atoms with Crippen LogP contribution in [0.2, 0.25) is 0 Å². The molecule has 0 aliphatic heterocycles. The molecule has 0 unspecified atom stereocenters. The zero-order valence-corrected chi connectivity index (χ0v) is 14.7. The van der Waals surface area contributed by atoms with Crippen LogP contribution in [0.15, 0.2) is 36.4 Å². The number of ether oxygens (including phenoxy) is 1. The molecule has 1 aliphatic carbocycles. The number of rotatable bonds is 5. The fourth-order valence-corrected chi connectivity index (χ4v) is 3.56. The SMILES string of the molecule is CCCNC(=O)c1c(OC2(C)CCCCC2)ccc2ccccc12. The first-order valence-electron chi connectivity index (χ1n) is 9.12. The molecule has 128 valence electrons. The second kappa shape index (κ2) is 7.25. The number of carbonyl (C=O) groups is 1. The molecule has 1 fully saturated rings. The molecular formula is C21H27NO2. The topological polar surface area (TPSA) is 38.3 Å². The van der Waals surface area contributed by atoms with E-state index in [1.54, 1.807) is 0 Å². The summed E-state index contributed by atoms with van der Waals surface area (Å²) in [6.45, 7) is 4.91. The highest BCUT2D eigenvalue weighted by Gasteiger charge is 2.30. The minimum atomic E-state index is -0.166. The van der Waals surface area contributed by atoms with E-state index >= 15 is 0 Å². The number of nitrogens with one attached hydrogen (secondary N) is 1. The zero-order chi connectivity index (χ0) is 17.0. The summed E-state index contributed by atoms with van der Waals surface area (Å²) in [7, 11) is 0. The van der Waals surface area contributed by atoms with Gasteiger partial charge >= 0.3 is 0 Å². The normalized spacial score (nSPS) is 16.8. The first kappa shape index (κ1) is 16.8. The van der Waals surface area contributed by atoms with Crippen molar-refractivity contribution >= 4 is 16.7 Å². The van der Waals surface area contributed by atoms with E-state index in [2.05, 4.69) is 19.2 Å². The van der Waals surface area contributed by atoms with Gasteiger partial charge in [0.05, 0.1) is 5.56 Å². The third kappa shape index (κ3) is 3.55. The molecular weight excluding hydrogens is 298 g/mol.